The van der Waals surface area contributed by atoms with Gasteiger partial charge in [-0.25, -0.2) is 4.57 Å². The lowest BCUT2D eigenvalue weighted by Crippen LogP contribution is -2.30. The van der Waals surface area contributed by atoms with Crippen LogP contribution >= 0.6 is 0 Å². The van der Waals surface area contributed by atoms with E-state index in [0.29, 0.717) is 0 Å². The van der Waals surface area contributed by atoms with Gasteiger partial charge in [-0.05, 0) is 53.5 Å². The molecule has 23 heavy (non-hydrogen) atoms. The first-order valence-corrected chi connectivity index (χ1v) is 8.28. The second-order valence-electron chi connectivity index (χ2n) is 7.61. The van der Waals surface area contributed by atoms with E-state index in [9.17, 15) is 0 Å². The molecule has 0 saturated heterocycles. The zero-order valence-corrected chi connectivity index (χ0v) is 15.1. The van der Waals surface area contributed by atoms with Gasteiger partial charge in [0.05, 0.1) is 0 Å². The molecule has 0 radical (unpaired) electrons. The molecule has 0 saturated carbocycles. The first-order valence-electron chi connectivity index (χ1n) is 8.28. The molecule has 3 rings (SSSR count). The Labute approximate surface area is 139 Å². The van der Waals surface area contributed by atoms with Crippen LogP contribution in [0.15, 0.2) is 48.7 Å². The maximum atomic E-state index is 2.37. The first-order chi connectivity index (χ1) is 10.8. The number of benzene rings is 2. The van der Waals surface area contributed by atoms with Gasteiger partial charge in [-0.1, -0.05) is 45.0 Å². The SMILES string of the molecule is Cc1cc(C(C)(C)C)cc(-c2cc3ccccc3c[n+]2C)c1C. The first kappa shape index (κ1) is 15.7. The van der Waals surface area contributed by atoms with E-state index < -0.39 is 0 Å². The molecule has 1 heterocycles. The van der Waals surface area contributed by atoms with E-state index in [-0.39, 0.29) is 5.41 Å². The quantitative estimate of drug-likeness (QED) is 0.541. The fourth-order valence-corrected chi connectivity index (χ4v) is 3.11. The summed E-state index contributed by atoms with van der Waals surface area (Å²) >= 11 is 0. The predicted octanol–water partition coefficient (Wildman–Crippen LogP) is 5.25. The lowest BCUT2D eigenvalue weighted by molar-refractivity contribution is -0.659. The van der Waals surface area contributed by atoms with Gasteiger partial charge in [0.2, 0.25) is 5.69 Å². The van der Waals surface area contributed by atoms with E-state index in [1.165, 1.54) is 38.7 Å². The van der Waals surface area contributed by atoms with E-state index in [2.05, 4.69) is 94.9 Å². The minimum absolute atomic E-state index is 0.155. The smallest absolute Gasteiger partial charge is 0.200 e. The summed E-state index contributed by atoms with van der Waals surface area (Å²) in [6.45, 7) is 11.3. The van der Waals surface area contributed by atoms with Gasteiger partial charge in [-0.2, -0.15) is 0 Å². The Hall–Kier alpha value is -2.15. The van der Waals surface area contributed by atoms with Crippen LogP contribution < -0.4 is 4.57 Å². The van der Waals surface area contributed by atoms with Crippen LogP contribution in [0.5, 0.6) is 0 Å². The lowest BCUT2D eigenvalue weighted by Gasteiger charge is -2.22. The largest absolute Gasteiger partial charge is 0.213 e. The monoisotopic (exact) mass is 304 g/mol. The fourth-order valence-electron chi connectivity index (χ4n) is 3.11. The average molecular weight is 304 g/mol. The second kappa shape index (κ2) is 5.49. The molecule has 0 unspecified atom stereocenters. The molecule has 0 aliphatic rings. The van der Waals surface area contributed by atoms with Gasteiger partial charge < -0.3 is 0 Å². The Morgan fingerprint density at radius 2 is 1.52 bits per heavy atom. The molecule has 0 spiro atoms. The minimum Gasteiger partial charge on any atom is -0.200 e. The number of pyridine rings is 1. The maximum absolute atomic E-state index is 2.37. The Morgan fingerprint density at radius 1 is 0.870 bits per heavy atom. The van der Waals surface area contributed by atoms with Crippen molar-refractivity contribution >= 4 is 10.8 Å². The van der Waals surface area contributed by atoms with Crippen molar-refractivity contribution in [3.8, 4) is 11.3 Å². The van der Waals surface area contributed by atoms with Crippen molar-refractivity contribution in [3.05, 3.63) is 65.4 Å². The van der Waals surface area contributed by atoms with E-state index in [1.54, 1.807) is 0 Å². The van der Waals surface area contributed by atoms with Crippen molar-refractivity contribution < 1.29 is 4.57 Å². The van der Waals surface area contributed by atoms with Gasteiger partial charge in [-0.3, -0.25) is 0 Å². The van der Waals surface area contributed by atoms with Crippen LogP contribution in [0.4, 0.5) is 0 Å². The third-order valence-corrected chi connectivity index (χ3v) is 4.81. The predicted molar refractivity (Wildman–Crippen MR) is 98.7 cm³/mol. The van der Waals surface area contributed by atoms with Gasteiger partial charge in [-0.15, -0.1) is 0 Å². The Kier molecular flexibility index (Phi) is 3.75. The maximum Gasteiger partial charge on any atom is 0.213 e. The van der Waals surface area contributed by atoms with Crippen molar-refractivity contribution in [2.45, 2.75) is 40.0 Å². The minimum atomic E-state index is 0.155. The van der Waals surface area contributed by atoms with Crippen LogP contribution in [0.2, 0.25) is 0 Å². The molecular weight excluding hydrogens is 278 g/mol. The number of fused-ring (bicyclic) bond motifs is 1. The van der Waals surface area contributed by atoms with Crippen LogP contribution in [0.3, 0.4) is 0 Å². The number of aryl methyl sites for hydroxylation is 2. The van der Waals surface area contributed by atoms with Gasteiger partial charge in [0.25, 0.3) is 0 Å². The zero-order chi connectivity index (χ0) is 16.8. The summed E-state index contributed by atoms with van der Waals surface area (Å²) in [4.78, 5) is 0. The molecule has 0 aliphatic carbocycles. The summed E-state index contributed by atoms with van der Waals surface area (Å²) in [5.41, 5.74) is 6.88. The van der Waals surface area contributed by atoms with E-state index in [4.69, 9.17) is 0 Å². The van der Waals surface area contributed by atoms with Crippen LogP contribution in [-0.4, -0.2) is 0 Å². The van der Waals surface area contributed by atoms with Gasteiger partial charge in [0, 0.05) is 17.0 Å². The highest BCUT2D eigenvalue weighted by Crippen LogP contribution is 2.32. The Balaban J connectivity index is 2.30. The Morgan fingerprint density at radius 3 is 2.17 bits per heavy atom. The molecule has 3 aromatic rings. The molecule has 0 atom stereocenters. The highest BCUT2D eigenvalue weighted by Gasteiger charge is 2.20. The summed E-state index contributed by atoms with van der Waals surface area (Å²) in [5.74, 6) is 0. The molecule has 0 amide bonds. The normalized spacial score (nSPS) is 11.9. The summed E-state index contributed by atoms with van der Waals surface area (Å²) in [7, 11) is 2.14. The van der Waals surface area contributed by atoms with E-state index >= 15 is 0 Å². The number of hydrogen-bond acceptors (Lipinski definition) is 0. The molecule has 1 nitrogen and oxygen atoms in total. The molecule has 1 aromatic heterocycles. The van der Waals surface area contributed by atoms with Gasteiger partial charge in [0.15, 0.2) is 6.20 Å². The molecule has 0 fully saturated rings. The third kappa shape index (κ3) is 2.88. The third-order valence-electron chi connectivity index (χ3n) is 4.81. The van der Waals surface area contributed by atoms with Gasteiger partial charge >= 0.3 is 0 Å². The van der Waals surface area contributed by atoms with Crippen molar-refractivity contribution in [1.82, 2.24) is 0 Å². The highest BCUT2D eigenvalue weighted by atomic mass is 14.9. The highest BCUT2D eigenvalue weighted by molar-refractivity contribution is 5.84. The lowest BCUT2D eigenvalue weighted by atomic mass is 9.83. The van der Waals surface area contributed by atoms with Crippen molar-refractivity contribution in [2.75, 3.05) is 0 Å². The summed E-state index contributed by atoms with van der Waals surface area (Å²) in [6, 6.07) is 15.6. The van der Waals surface area contributed by atoms with Crippen LogP contribution in [-0.2, 0) is 12.5 Å². The van der Waals surface area contributed by atoms with Crippen LogP contribution in [0.1, 0.15) is 37.5 Å². The number of hydrogen-bond donors (Lipinski definition) is 0. The topological polar surface area (TPSA) is 3.88 Å². The molecule has 1 heteroatoms. The molecule has 0 aliphatic heterocycles. The average Bonchev–Trinajstić information content (AvgIpc) is 2.48. The summed E-state index contributed by atoms with van der Waals surface area (Å²) in [5, 5.41) is 2.57. The number of aromatic nitrogens is 1. The standard InChI is InChI=1S/C22H26N/c1-15-11-19(22(3,4)5)13-20(16(15)2)21-12-17-9-7-8-10-18(17)14-23(21)6/h7-14H,1-6H3/q+1. The molecule has 2 aromatic carbocycles. The number of rotatable bonds is 1. The van der Waals surface area contributed by atoms with Crippen LogP contribution in [0.25, 0.3) is 22.0 Å². The summed E-state index contributed by atoms with van der Waals surface area (Å²) < 4.78 is 2.25. The molecule has 118 valence electrons. The van der Waals surface area contributed by atoms with Crippen molar-refractivity contribution in [3.63, 3.8) is 0 Å². The molecule has 0 bridgehead atoms. The molecule has 0 N–H and O–H groups in total. The molecular formula is C22H26N+. The fraction of sp³-hybridized carbons (Fsp3) is 0.318. The summed E-state index contributed by atoms with van der Waals surface area (Å²) in [6.07, 6.45) is 2.23. The van der Waals surface area contributed by atoms with E-state index in [1.807, 2.05) is 0 Å². The second-order valence-corrected chi connectivity index (χ2v) is 7.61. The van der Waals surface area contributed by atoms with Crippen LogP contribution in [0, 0.1) is 13.8 Å². The Bertz CT molecular complexity index is 882. The number of nitrogens with zero attached hydrogens (tertiary/aromatic N) is 1. The van der Waals surface area contributed by atoms with Crippen molar-refractivity contribution in [1.29, 1.82) is 0 Å². The van der Waals surface area contributed by atoms with E-state index in [0.717, 1.165) is 0 Å². The van der Waals surface area contributed by atoms with Gasteiger partial charge in [0.1, 0.15) is 7.05 Å². The van der Waals surface area contributed by atoms with Crippen molar-refractivity contribution in [2.24, 2.45) is 7.05 Å². The zero-order valence-electron chi connectivity index (χ0n) is 15.1.